The summed E-state index contributed by atoms with van der Waals surface area (Å²) in [6.45, 7) is 5.53. The molecule has 34 heavy (non-hydrogen) atoms. The number of rotatable bonds is 6. The molecule has 0 spiro atoms. The number of pyridine rings is 2. The Bertz CT molecular complexity index is 1420. The molecule has 0 aliphatic carbocycles. The lowest BCUT2D eigenvalue weighted by molar-refractivity contribution is -0.133. The first-order valence-electron chi connectivity index (χ1n) is 11.3. The van der Waals surface area contributed by atoms with Crippen molar-refractivity contribution in [3.8, 4) is 16.9 Å². The molecule has 0 atom stereocenters. The van der Waals surface area contributed by atoms with Crippen LogP contribution in [0.25, 0.3) is 22.0 Å². The van der Waals surface area contributed by atoms with Crippen LogP contribution < -0.4 is 10.3 Å². The summed E-state index contributed by atoms with van der Waals surface area (Å²) < 4.78 is 12.8. The van der Waals surface area contributed by atoms with Crippen molar-refractivity contribution in [2.75, 3.05) is 20.2 Å². The van der Waals surface area contributed by atoms with Gasteiger partial charge in [0.25, 0.3) is 5.56 Å². The number of carbonyl (C=O) groups excluding carboxylic acids is 1. The lowest BCUT2D eigenvalue weighted by Gasteiger charge is -2.31. The molecule has 0 saturated carbocycles. The third-order valence-corrected chi connectivity index (χ3v) is 6.39. The first-order chi connectivity index (χ1) is 16.5. The third kappa shape index (κ3) is 3.85. The number of hydrogen-bond acceptors (Lipinski definition) is 6. The highest BCUT2D eigenvalue weighted by Crippen LogP contribution is 2.37. The first kappa shape index (κ1) is 21.9. The first-order valence-corrected chi connectivity index (χ1v) is 11.3. The van der Waals surface area contributed by atoms with E-state index in [9.17, 15) is 9.59 Å². The summed E-state index contributed by atoms with van der Waals surface area (Å²) in [6.07, 6.45) is 2.79. The Morgan fingerprint density at radius 1 is 1.18 bits per heavy atom. The highest BCUT2D eigenvalue weighted by Gasteiger charge is 2.23. The Balaban J connectivity index is 1.71. The van der Waals surface area contributed by atoms with E-state index in [-0.39, 0.29) is 24.4 Å². The van der Waals surface area contributed by atoms with Crippen LogP contribution in [0.2, 0.25) is 0 Å². The van der Waals surface area contributed by atoms with E-state index in [0.29, 0.717) is 22.6 Å². The Kier molecular flexibility index (Phi) is 5.65. The molecular formula is C26H26N4O4. The largest absolute Gasteiger partial charge is 0.496 e. The number of aromatic nitrogens is 3. The highest BCUT2D eigenvalue weighted by atomic mass is 16.5. The second-order valence-corrected chi connectivity index (χ2v) is 8.60. The van der Waals surface area contributed by atoms with Gasteiger partial charge in [-0.05, 0) is 49.9 Å². The molecule has 4 heterocycles. The maximum absolute atomic E-state index is 13.6. The van der Waals surface area contributed by atoms with Crippen LogP contribution in [0.4, 0.5) is 0 Å². The van der Waals surface area contributed by atoms with Crippen molar-refractivity contribution in [1.29, 1.82) is 0 Å². The summed E-state index contributed by atoms with van der Waals surface area (Å²) in [6, 6.07) is 11.3. The molecule has 1 aliphatic rings. The van der Waals surface area contributed by atoms with Gasteiger partial charge in [-0.25, -0.2) is 0 Å². The molecule has 1 saturated heterocycles. The molecule has 1 aliphatic heterocycles. The second kappa shape index (κ2) is 8.78. The van der Waals surface area contributed by atoms with Gasteiger partial charge in [0.15, 0.2) is 0 Å². The van der Waals surface area contributed by atoms with Crippen LogP contribution in [0, 0.1) is 13.8 Å². The molecule has 1 amide bonds. The summed E-state index contributed by atoms with van der Waals surface area (Å²) in [5, 5.41) is 4.91. The monoisotopic (exact) mass is 458 g/mol. The van der Waals surface area contributed by atoms with Gasteiger partial charge < -0.3 is 18.7 Å². The number of likely N-dealkylation sites (tertiary alicyclic amines) is 1. The van der Waals surface area contributed by atoms with E-state index in [4.69, 9.17) is 9.26 Å². The van der Waals surface area contributed by atoms with Gasteiger partial charge in [0.05, 0.1) is 42.5 Å². The lowest BCUT2D eigenvalue weighted by atomic mass is 9.99. The van der Waals surface area contributed by atoms with Gasteiger partial charge in [-0.15, -0.1) is 0 Å². The van der Waals surface area contributed by atoms with Gasteiger partial charge in [-0.1, -0.05) is 11.2 Å². The number of ether oxygens (including phenoxy) is 1. The molecule has 5 rings (SSSR count). The Morgan fingerprint density at radius 3 is 2.62 bits per heavy atom. The molecule has 8 nitrogen and oxygen atoms in total. The van der Waals surface area contributed by atoms with Crippen LogP contribution in [0.3, 0.4) is 0 Å². The number of methoxy groups -OCH3 is 1. The summed E-state index contributed by atoms with van der Waals surface area (Å²) >= 11 is 0. The van der Waals surface area contributed by atoms with Crippen molar-refractivity contribution >= 4 is 16.8 Å². The zero-order chi connectivity index (χ0) is 23.8. The van der Waals surface area contributed by atoms with E-state index in [1.54, 1.807) is 22.8 Å². The minimum atomic E-state index is -0.195. The van der Waals surface area contributed by atoms with Gasteiger partial charge in [-0.3, -0.25) is 14.6 Å². The molecule has 174 valence electrons. The van der Waals surface area contributed by atoms with E-state index >= 15 is 0 Å². The number of amides is 1. The average molecular weight is 459 g/mol. The Labute approximate surface area is 196 Å². The number of carbonyl (C=O) groups is 1. The van der Waals surface area contributed by atoms with Gasteiger partial charge >= 0.3 is 0 Å². The lowest BCUT2D eigenvalue weighted by Crippen LogP contribution is -2.43. The summed E-state index contributed by atoms with van der Waals surface area (Å²) in [5.74, 6) is 1.28. The van der Waals surface area contributed by atoms with Crippen LogP contribution in [0.15, 0.2) is 51.9 Å². The van der Waals surface area contributed by atoms with E-state index < -0.39 is 0 Å². The summed E-state index contributed by atoms with van der Waals surface area (Å²) in [5.41, 5.74) is 4.18. The topological polar surface area (TPSA) is 90.5 Å². The molecule has 8 heteroatoms. The third-order valence-electron chi connectivity index (χ3n) is 6.39. The van der Waals surface area contributed by atoms with E-state index in [1.165, 1.54) is 0 Å². The van der Waals surface area contributed by atoms with Crippen molar-refractivity contribution in [2.45, 2.75) is 33.2 Å². The average Bonchev–Trinajstić information content (AvgIpc) is 3.13. The standard InChI is InChI=1S/C26H26N4O4/c1-16-25(17(2)34-28-16)21-12-18-11-19(13-24(31)29-9-6-10-29)26(32)30(22(18)14-23(21)33-3)15-20-7-4-5-8-27-20/h4-5,7-8,11-12,14H,6,9-10,13,15H2,1-3H3. The fraction of sp³-hybridized carbons (Fsp3) is 0.308. The predicted molar refractivity (Wildman–Crippen MR) is 128 cm³/mol. The van der Waals surface area contributed by atoms with E-state index in [1.807, 2.05) is 50.2 Å². The minimum absolute atomic E-state index is 0.0217. The van der Waals surface area contributed by atoms with Crippen LogP contribution in [0.5, 0.6) is 5.75 Å². The molecule has 3 aromatic heterocycles. The maximum Gasteiger partial charge on any atom is 0.255 e. The normalized spacial score (nSPS) is 13.2. The second-order valence-electron chi connectivity index (χ2n) is 8.60. The van der Waals surface area contributed by atoms with Crippen molar-refractivity contribution in [3.63, 3.8) is 0 Å². The van der Waals surface area contributed by atoms with Crippen molar-refractivity contribution in [1.82, 2.24) is 19.6 Å². The predicted octanol–water partition coefficient (Wildman–Crippen LogP) is 3.50. The molecule has 1 aromatic carbocycles. The van der Waals surface area contributed by atoms with Gasteiger partial charge in [0.1, 0.15) is 11.5 Å². The minimum Gasteiger partial charge on any atom is -0.496 e. The molecule has 4 aromatic rings. The zero-order valence-corrected chi connectivity index (χ0v) is 19.5. The highest BCUT2D eigenvalue weighted by molar-refractivity contribution is 5.90. The van der Waals surface area contributed by atoms with Crippen molar-refractivity contribution < 1.29 is 14.1 Å². The summed E-state index contributed by atoms with van der Waals surface area (Å²) in [4.78, 5) is 32.5. The van der Waals surface area contributed by atoms with Crippen molar-refractivity contribution in [2.24, 2.45) is 0 Å². The fourth-order valence-corrected chi connectivity index (χ4v) is 4.48. The number of aryl methyl sites for hydroxylation is 2. The quantitative estimate of drug-likeness (QED) is 0.439. The zero-order valence-electron chi connectivity index (χ0n) is 19.5. The summed E-state index contributed by atoms with van der Waals surface area (Å²) in [7, 11) is 1.60. The number of fused-ring (bicyclic) bond motifs is 1. The molecular weight excluding hydrogens is 432 g/mol. The van der Waals surface area contributed by atoms with Gasteiger partial charge in [0, 0.05) is 36.5 Å². The molecule has 0 N–H and O–H groups in total. The fourth-order valence-electron chi connectivity index (χ4n) is 4.48. The van der Waals surface area contributed by atoms with Crippen LogP contribution >= 0.6 is 0 Å². The Hall–Kier alpha value is -3.94. The SMILES string of the molecule is COc1cc2c(cc1-c1c(C)noc1C)cc(CC(=O)N1CCC1)c(=O)n2Cc1ccccn1. The molecule has 0 bridgehead atoms. The van der Waals surface area contributed by atoms with E-state index in [0.717, 1.165) is 47.4 Å². The maximum atomic E-state index is 13.6. The molecule has 0 unspecified atom stereocenters. The Morgan fingerprint density at radius 2 is 2.00 bits per heavy atom. The molecule has 1 fully saturated rings. The number of benzene rings is 1. The number of hydrogen-bond donors (Lipinski definition) is 0. The van der Waals surface area contributed by atoms with Crippen LogP contribution in [-0.2, 0) is 17.8 Å². The van der Waals surface area contributed by atoms with Gasteiger partial charge in [-0.2, -0.15) is 0 Å². The molecule has 0 radical (unpaired) electrons. The van der Waals surface area contributed by atoms with E-state index in [2.05, 4.69) is 10.1 Å². The van der Waals surface area contributed by atoms with Crippen LogP contribution in [-0.4, -0.2) is 45.7 Å². The smallest absolute Gasteiger partial charge is 0.255 e. The van der Waals surface area contributed by atoms with Crippen LogP contribution in [0.1, 0.15) is 29.1 Å². The van der Waals surface area contributed by atoms with Crippen molar-refractivity contribution in [3.05, 3.63) is 75.7 Å². The van der Waals surface area contributed by atoms with Gasteiger partial charge in [0.2, 0.25) is 5.91 Å². The number of nitrogens with zero attached hydrogens (tertiary/aromatic N) is 4.